The van der Waals surface area contributed by atoms with Gasteiger partial charge in [0.1, 0.15) is 0 Å². The smallest absolute Gasteiger partial charge is 0.306 e. The maximum absolute atomic E-state index is 14.5. The first-order valence-corrected chi connectivity index (χ1v) is 13.3. The van der Waals surface area contributed by atoms with Crippen molar-refractivity contribution in [2.75, 3.05) is 13.2 Å². The van der Waals surface area contributed by atoms with Crippen LogP contribution in [0, 0.1) is 23.0 Å². The molecule has 37 heavy (non-hydrogen) atoms. The van der Waals surface area contributed by atoms with Crippen LogP contribution in [0.15, 0.2) is 35.3 Å². The van der Waals surface area contributed by atoms with Crippen LogP contribution in [0.4, 0.5) is 8.78 Å². The number of carboxylic acid groups (broad SMARTS) is 1. The number of ether oxygens (including phenoxy) is 1. The molecule has 0 atom stereocenters. The van der Waals surface area contributed by atoms with Gasteiger partial charge in [-0.25, -0.2) is 8.78 Å². The van der Waals surface area contributed by atoms with Crippen molar-refractivity contribution < 1.29 is 23.4 Å². The first-order chi connectivity index (χ1) is 17.8. The van der Waals surface area contributed by atoms with E-state index in [-0.39, 0.29) is 17.3 Å². The van der Waals surface area contributed by atoms with Gasteiger partial charge in [-0.3, -0.25) is 9.79 Å². The molecule has 0 unspecified atom stereocenters. The number of aromatic nitrogens is 1. The Morgan fingerprint density at radius 1 is 1.05 bits per heavy atom. The Labute approximate surface area is 214 Å². The van der Waals surface area contributed by atoms with E-state index in [1.165, 1.54) is 34.3 Å². The lowest BCUT2D eigenvalue weighted by Crippen LogP contribution is -2.49. The number of rotatable bonds is 4. The highest BCUT2D eigenvalue weighted by Crippen LogP contribution is 2.65. The van der Waals surface area contributed by atoms with Gasteiger partial charge in [-0.1, -0.05) is 0 Å². The third kappa shape index (κ3) is 3.50. The fourth-order valence-electron chi connectivity index (χ4n) is 7.57. The molecule has 1 spiro atoms. The SMILES string of the molecule is CC1=NCc2cc3c(C4CC5(CC(C(=O)O)C5)C4)c(C4CCOCC4)n(-c4ccc(F)c(F)c4)c3cc21. The number of hydrogen-bond acceptors (Lipinski definition) is 3. The molecule has 1 aromatic heterocycles. The van der Waals surface area contributed by atoms with E-state index in [0.717, 1.165) is 55.3 Å². The predicted octanol–water partition coefficient (Wildman–Crippen LogP) is 6.48. The van der Waals surface area contributed by atoms with Crippen LogP contribution in [0.5, 0.6) is 0 Å². The normalized spacial score (nSPS) is 27.2. The van der Waals surface area contributed by atoms with E-state index in [1.807, 2.05) is 6.92 Å². The minimum Gasteiger partial charge on any atom is -0.481 e. The lowest BCUT2D eigenvalue weighted by atomic mass is 9.47. The van der Waals surface area contributed by atoms with E-state index < -0.39 is 17.6 Å². The van der Waals surface area contributed by atoms with Crippen LogP contribution in [0.25, 0.3) is 16.6 Å². The van der Waals surface area contributed by atoms with Gasteiger partial charge in [0.05, 0.1) is 18.0 Å². The van der Waals surface area contributed by atoms with E-state index in [9.17, 15) is 18.7 Å². The molecule has 2 saturated carbocycles. The quantitative estimate of drug-likeness (QED) is 0.442. The highest BCUT2D eigenvalue weighted by atomic mass is 19.2. The monoisotopic (exact) mass is 504 g/mol. The zero-order valence-electron chi connectivity index (χ0n) is 20.9. The molecule has 1 saturated heterocycles. The van der Waals surface area contributed by atoms with E-state index in [1.54, 1.807) is 6.07 Å². The third-order valence-corrected chi connectivity index (χ3v) is 9.39. The summed E-state index contributed by atoms with van der Waals surface area (Å²) in [6.07, 6.45) is 5.25. The van der Waals surface area contributed by atoms with Crippen molar-refractivity contribution in [3.05, 3.63) is 64.4 Å². The van der Waals surface area contributed by atoms with Gasteiger partial charge < -0.3 is 14.4 Å². The van der Waals surface area contributed by atoms with Crippen molar-refractivity contribution in [1.29, 1.82) is 0 Å². The molecule has 0 radical (unpaired) electrons. The minimum atomic E-state index is -0.852. The average Bonchev–Trinajstić information content (AvgIpc) is 3.36. The molecular weight excluding hydrogens is 474 g/mol. The molecule has 7 heteroatoms. The molecule has 1 N–H and O–H groups in total. The lowest BCUT2D eigenvalue weighted by molar-refractivity contribution is -0.155. The molecule has 3 aromatic rings. The Morgan fingerprint density at radius 2 is 1.81 bits per heavy atom. The van der Waals surface area contributed by atoms with E-state index in [0.29, 0.717) is 31.4 Å². The summed E-state index contributed by atoms with van der Waals surface area (Å²) in [5.41, 5.74) is 7.60. The van der Waals surface area contributed by atoms with Crippen molar-refractivity contribution >= 4 is 22.6 Å². The highest BCUT2D eigenvalue weighted by Gasteiger charge is 2.56. The first-order valence-electron chi connectivity index (χ1n) is 13.3. The molecule has 5 nitrogen and oxygen atoms in total. The van der Waals surface area contributed by atoms with Crippen LogP contribution in [0.3, 0.4) is 0 Å². The fraction of sp³-hybridized carbons (Fsp3) is 0.467. The van der Waals surface area contributed by atoms with Crippen LogP contribution in [0.1, 0.15) is 79.7 Å². The molecule has 4 aliphatic rings. The molecule has 7 rings (SSSR count). The number of hydrogen-bond donors (Lipinski definition) is 1. The first kappa shape index (κ1) is 23.1. The predicted molar refractivity (Wildman–Crippen MR) is 137 cm³/mol. The Kier molecular flexibility index (Phi) is 5.13. The Hall–Kier alpha value is -3.06. The molecule has 2 aliphatic carbocycles. The largest absolute Gasteiger partial charge is 0.481 e. The van der Waals surface area contributed by atoms with Crippen molar-refractivity contribution in [3.8, 4) is 5.69 Å². The number of nitrogens with zero attached hydrogens (tertiary/aromatic N) is 2. The maximum atomic E-state index is 14.5. The standard InChI is InChI=1S/C30H30F2N2O3/c1-16-22-10-26-23(8-18(22)15-33-16)27(19-11-30(12-19)13-20(14-30)29(35)36)28(17-4-6-37-7-5-17)34(26)21-2-3-24(31)25(32)9-21/h2-3,8-10,17,19-20H,4-7,11-15H2,1H3,(H,35,36). The van der Waals surface area contributed by atoms with Crippen LogP contribution < -0.4 is 0 Å². The molecular formula is C30H30F2N2O3. The average molecular weight is 505 g/mol. The summed E-state index contributed by atoms with van der Waals surface area (Å²) in [6, 6.07) is 8.64. The lowest BCUT2D eigenvalue weighted by Gasteiger charge is -2.57. The number of aliphatic carboxylic acids is 1. The van der Waals surface area contributed by atoms with Gasteiger partial charge in [-0.05, 0) is 92.2 Å². The van der Waals surface area contributed by atoms with Gasteiger partial charge >= 0.3 is 5.97 Å². The van der Waals surface area contributed by atoms with Gasteiger partial charge in [0, 0.05) is 53.2 Å². The van der Waals surface area contributed by atoms with Crippen LogP contribution >= 0.6 is 0 Å². The third-order valence-electron chi connectivity index (χ3n) is 9.39. The van der Waals surface area contributed by atoms with Crippen molar-refractivity contribution in [1.82, 2.24) is 4.57 Å². The molecule has 3 heterocycles. The van der Waals surface area contributed by atoms with Gasteiger partial charge in [0.15, 0.2) is 11.6 Å². The van der Waals surface area contributed by atoms with E-state index in [2.05, 4.69) is 21.7 Å². The fourth-order valence-corrected chi connectivity index (χ4v) is 7.57. The van der Waals surface area contributed by atoms with Crippen LogP contribution in [-0.2, 0) is 16.1 Å². The number of carbonyl (C=O) groups is 1. The summed E-state index contributed by atoms with van der Waals surface area (Å²) in [6.45, 7) is 4.05. The van der Waals surface area contributed by atoms with Gasteiger partial charge in [0.2, 0.25) is 0 Å². The number of fused-ring (bicyclic) bond motifs is 2. The second kappa shape index (κ2) is 8.22. The number of aliphatic imine (C=N–C) groups is 1. The zero-order chi connectivity index (χ0) is 25.5. The number of carboxylic acids is 1. The molecule has 0 amide bonds. The summed E-state index contributed by atoms with van der Waals surface area (Å²) < 4.78 is 36.4. The molecule has 2 aliphatic heterocycles. The highest BCUT2D eigenvalue weighted by molar-refractivity contribution is 6.06. The zero-order valence-corrected chi connectivity index (χ0v) is 20.9. The second-order valence-corrected chi connectivity index (χ2v) is 11.6. The van der Waals surface area contributed by atoms with Crippen LogP contribution in [-0.4, -0.2) is 34.6 Å². The van der Waals surface area contributed by atoms with Crippen molar-refractivity contribution in [3.63, 3.8) is 0 Å². The summed E-state index contributed by atoms with van der Waals surface area (Å²) >= 11 is 0. The Bertz CT molecular complexity index is 1470. The summed E-state index contributed by atoms with van der Waals surface area (Å²) in [4.78, 5) is 16.1. The summed E-state index contributed by atoms with van der Waals surface area (Å²) in [5, 5.41) is 10.6. The van der Waals surface area contributed by atoms with Crippen LogP contribution in [0.2, 0.25) is 0 Å². The van der Waals surface area contributed by atoms with E-state index in [4.69, 9.17) is 4.74 Å². The van der Waals surface area contributed by atoms with Crippen molar-refractivity contribution in [2.24, 2.45) is 16.3 Å². The van der Waals surface area contributed by atoms with Gasteiger partial charge in [-0.2, -0.15) is 0 Å². The summed E-state index contributed by atoms with van der Waals surface area (Å²) in [5.74, 6) is -2.03. The molecule has 0 bridgehead atoms. The molecule has 3 fully saturated rings. The topological polar surface area (TPSA) is 63.8 Å². The number of benzene rings is 2. The Morgan fingerprint density at radius 3 is 2.51 bits per heavy atom. The minimum absolute atomic E-state index is 0.132. The molecule has 192 valence electrons. The molecule has 2 aromatic carbocycles. The van der Waals surface area contributed by atoms with Gasteiger partial charge in [-0.15, -0.1) is 0 Å². The maximum Gasteiger partial charge on any atom is 0.306 e. The number of halogens is 2. The van der Waals surface area contributed by atoms with Gasteiger partial charge in [0.25, 0.3) is 0 Å². The van der Waals surface area contributed by atoms with E-state index >= 15 is 0 Å². The second-order valence-electron chi connectivity index (χ2n) is 11.6. The Balaban J connectivity index is 1.42. The van der Waals surface area contributed by atoms with Crippen molar-refractivity contribution in [2.45, 2.75) is 63.8 Å². The summed E-state index contributed by atoms with van der Waals surface area (Å²) in [7, 11) is 0.